The number of hydrogen-bond donors (Lipinski definition) is 4. The summed E-state index contributed by atoms with van der Waals surface area (Å²) in [7, 11) is 0. The van der Waals surface area contributed by atoms with Gasteiger partial charge in [-0.3, -0.25) is 9.59 Å². The smallest absolute Gasteiger partial charge is 0.408 e. The maximum Gasteiger partial charge on any atom is 0.408 e. The van der Waals surface area contributed by atoms with Crippen LogP contribution in [-0.4, -0.2) is 90.4 Å². The number of aliphatic hydroxyl groups is 1. The zero-order valence-electron chi connectivity index (χ0n) is 29.1. The van der Waals surface area contributed by atoms with Gasteiger partial charge in [-0.05, 0) is 51.4 Å². The van der Waals surface area contributed by atoms with E-state index in [2.05, 4.69) is 10.6 Å². The molecule has 7 rings (SSSR count). The number of amides is 3. The molecule has 2 aromatic carbocycles. The molecule has 1 saturated heterocycles. The lowest BCUT2D eigenvalue weighted by molar-refractivity contribution is -0.150. The van der Waals surface area contributed by atoms with Crippen molar-refractivity contribution in [1.29, 1.82) is 0 Å². The first-order valence-electron chi connectivity index (χ1n) is 18.5. The Morgan fingerprint density at radius 2 is 1.54 bits per heavy atom. The van der Waals surface area contributed by atoms with Crippen molar-refractivity contribution in [3.05, 3.63) is 72.8 Å². The summed E-state index contributed by atoms with van der Waals surface area (Å²) in [6.07, 6.45) is 8.45. The second-order valence-electron chi connectivity index (χ2n) is 14.5. The van der Waals surface area contributed by atoms with Gasteiger partial charge in [-0.25, -0.2) is 9.59 Å². The van der Waals surface area contributed by atoms with E-state index in [0.29, 0.717) is 24.2 Å². The molecule has 6 atom stereocenters. The van der Waals surface area contributed by atoms with Crippen LogP contribution in [0.4, 0.5) is 4.79 Å². The predicted octanol–water partition coefficient (Wildman–Crippen LogP) is 4.63. The number of fused-ring (bicyclic) bond motifs is 2. The number of aliphatic hydroxyl groups excluding tert-OH is 1. The van der Waals surface area contributed by atoms with Gasteiger partial charge in [0.25, 0.3) is 0 Å². The quantitative estimate of drug-likeness (QED) is 0.255. The van der Waals surface area contributed by atoms with Gasteiger partial charge in [0.05, 0.1) is 11.6 Å². The minimum absolute atomic E-state index is 0.0712. The first-order chi connectivity index (χ1) is 25.2. The van der Waals surface area contributed by atoms with E-state index in [1.807, 2.05) is 72.8 Å². The molecule has 1 unspecified atom stereocenters. The molecule has 2 aliphatic carbocycles. The molecule has 4 N–H and O–H groups in total. The Bertz CT molecular complexity index is 1740. The Morgan fingerprint density at radius 3 is 2.17 bits per heavy atom. The molecule has 1 aromatic heterocycles. The Balaban J connectivity index is 1.23. The van der Waals surface area contributed by atoms with Gasteiger partial charge in [0.2, 0.25) is 11.8 Å². The van der Waals surface area contributed by atoms with Gasteiger partial charge in [-0.2, -0.15) is 15.0 Å². The fourth-order valence-electron chi connectivity index (χ4n) is 7.98. The summed E-state index contributed by atoms with van der Waals surface area (Å²) >= 11 is 0. The third-order valence-electron chi connectivity index (χ3n) is 11.0. The van der Waals surface area contributed by atoms with Crippen LogP contribution >= 0.6 is 0 Å². The number of aromatic nitrogens is 3. The van der Waals surface area contributed by atoms with E-state index in [0.717, 1.165) is 56.1 Å². The Hall–Kier alpha value is -5.04. The molecule has 3 fully saturated rings. The second kappa shape index (κ2) is 15.3. The van der Waals surface area contributed by atoms with Crippen LogP contribution in [0.15, 0.2) is 72.8 Å². The number of aliphatic carboxylic acids is 1. The number of carbonyl (C=O) groups excluding carboxylic acids is 3. The van der Waals surface area contributed by atoms with E-state index in [-0.39, 0.29) is 31.4 Å². The lowest BCUT2D eigenvalue weighted by Crippen LogP contribution is -2.58. The number of carboxylic acid groups (broad SMARTS) is 1. The van der Waals surface area contributed by atoms with Gasteiger partial charge >= 0.3 is 12.1 Å². The van der Waals surface area contributed by atoms with Gasteiger partial charge in [0.15, 0.2) is 6.10 Å². The maximum atomic E-state index is 14.6. The SMILES string of the molecule is O=C(N[C@H]1CCCCC/C=C\[C@@H]2C[C@@]2(C(O)C(=O)O)NC(=O)[C@@H]2C[C@@H](n3nc(-c4ccccc4)c(-c4ccccc4)n3)CN2C1=O)OC1CCCC1. The summed E-state index contributed by atoms with van der Waals surface area (Å²) in [6, 6.07) is 16.8. The summed E-state index contributed by atoms with van der Waals surface area (Å²) in [5, 5.41) is 36.2. The molecular weight excluding hydrogens is 664 g/mol. The van der Waals surface area contributed by atoms with Crippen molar-refractivity contribution in [2.24, 2.45) is 5.92 Å². The van der Waals surface area contributed by atoms with Crippen LogP contribution in [0.1, 0.15) is 76.7 Å². The molecular formula is C39H46N6O7. The molecule has 52 heavy (non-hydrogen) atoms. The van der Waals surface area contributed by atoms with Crippen molar-refractivity contribution in [3.8, 4) is 22.5 Å². The minimum Gasteiger partial charge on any atom is -0.479 e. The predicted molar refractivity (Wildman–Crippen MR) is 191 cm³/mol. The number of allylic oxidation sites excluding steroid dienone is 1. The summed E-state index contributed by atoms with van der Waals surface area (Å²) in [5.74, 6) is -2.81. The van der Waals surface area contributed by atoms with Crippen LogP contribution in [0.3, 0.4) is 0 Å². The summed E-state index contributed by atoms with van der Waals surface area (Å²) in [6.45, 7) is 0.0712. The van der Waals surface area contributed by atoms with E-state index >= 15 is 0 Å². The molecule has 0 radical (unpaired) electrons. The van der Waals surface area contributed by atoms with Gasteiger partial charge in [-0.15, -0.1) is 0 Å². The average molecular weight is 711 g/mol. The van der Waals surface area contributed by atoms with Crippen molar-refractivity contribution in [2.75, 3.05) is 6.54 Å². The monoisotopic (exact) mass is 710 g/mol. The van der Waals surface area contributed by atoms with Crippen LogP contribution in [0, 0.1) is 5.92 Å². The van der Waals surface area contributed by atoms with Gasteiger partial charge in [0.1, 0.15) is 29.6 Å². The molecule has 2 saturated carbocycles. The first-order valence-corrected chi connectivity index (χ1v) is 18.5. The van der Waals surface area contributed by atoms with Gasteiger partial charge in [-0.1, -0.05) is 85.7 Å². The number of benzene rings is 2. The highest BCUT2D eigenvalue weighted by molar-refractivity contribution is 5.93. The van der Waals surface area contributed by atoms with Crippen LogP contribution < -0.4 is 10.6 Å². The van der Waals surface area contributed by atoms with E-state index in [4.69, 9.17) is 14.9 Å². The van der Waals surface area contributed by atoms with E-state index in [1.54, 1.807) is 4.80 Å². The molecule has 3 amide bonds. The second-order valence-corrected chi connectivity index (χ2v) is 14.5. The Labute approximate surface area is 302 Å². The van der Waals surface area contributed by atoms with Crippen molar-refractivity contribution in [1.82, 2.24) is 30.5 Å². The van der Waals surface area contributed by atoms with Gasteiger partial charge < -0.3 is 30.5 Å². The van der Waals surface area contributed by atoms with Crippen molar-refractivity contribution < 1.29 is 34.1 Å². The number of carbonyl (C=O) groups is 4. The topological polar surface area (TPSA) is 176 Å². The number of ether oxygens (including phenoxy) is 1. The molecule has 13 nitrogen and oxygen atoms in total. The number of nitrogens with zero attached hydrogens (tertiary/aromatic N) is 4. The highest BCUT2D eigenvalue weighted by Gasteiger charge is 2.62. The number of alkyl carbamates (subject to hydrolysis) is 1. The maximum absolute atomic E-state index is 14.6. The third-order valence-corrected chi connectivity index (χ3v) is 11.0. The zero-order chi connectivity index (χ0) is 36.2. The fraction of sp³-hybridized carbons (Fsp3) is 0.487. The molecule has 3 heterocycles. The van der Waals surface area contributed by atoms with Crippen LogP contribution in [0.2, 0.25) is 0 Å². The normalized spacial score (nSPS) is 28.1. The third kappa shape index (κ3) is 7.45. The summed E-state index contributed by atoms with van der Waals surface area (Å²) in [4.78, 5) is 57.1. The average Bonchev–Trinajstić information content (AvgIpc) is 3.60. The van der Waals surface area contributed by atoms with Crippen molar-refractivity contribution >= 4 is 23.9 Å². The van der Waals surface area contributed by atoms with Crippen LogP contribution in [0.5, 0.6) is 0 Å². The van der Waals surface area contributed by atoms with Crippen molar-refractivity contribution in [2.45, 2.75) is 107 Å². The number of hydrogen-bond acceptors (Lipinski definition) is 8. The Morgan fingerprint density at radius 1 is 0.904 bits per heavy atom. The molecule has 4 aliphatic rings. The largest absolute Gasteiger partial charge is 0.479 e. The number of carboxylic acids is 1. The van der Waals surface area contributed by atoms with Crippen molar-refractivity contribution in [3.63, 3.8) is 0 Å². The fourth-order valence-corrected chi connectivity index (χ4v) is 7.98. The number of rotatable bonds is 7. The van der Waals surface area contributed by atoms with Crippen LogP contribution in [0.25, 0.3) is 22.5 Å². The standard InChI is InChI=1S/C39H46N6O7/c46-34(37(49)50)39-23-27(39)18-10-2-1-3-11-21-30(40-38(51)52-29-19-12-13-20-29)36(48)44-24-28(22-31(44)35(47)41-39)45-42-32(25-14-6-4-7-15-25)33(43-45)26-16-8-5-9-17-26/h4-10,14-18,27-31,34,46H,1-3,11-13,19-24H2,(H,40,51)(H,41,47)(H,49,50)/b18-10-/t27-,28-,30+,31+,34?,39-/m1/s1. The molecule has 13 heteroatoms. The number of nitrogens with one attached hydrogen (secondary N) is 2. The highest BCUT2D eigenvalue weighted by Crippen LogP contribution is 2.48. The van der Waals surface area contributed by atoms with E-state index < -0.39 is 53.6 Å². The zero-order valence-corrected chi connectivity index (χ0v) is 29.1. The minimum atomic E-state index is -1.84. The highest BCUT2D eigenvalue weighted by atomic mass is 16.6. The molecule has 0 bridgehead atoms. The molecule has 3 aromatic rings. The molecule has 274 valence electrons. The lowest BCUT2D eigenvalue weighted by Gasteiger charge is -2.30. The van der Waals surface area contributed by atoms with Crippen LogP contribution in [-0.2, 0) is 19.1 Å². The summed E-state index contributed by atoms with van der Waals surface area (Å²) in [5.41, 5.74) is 1.61. The summed E-state index contributed by atoms with van der Waals surface area (Å²) < 4.78 is 5.68. The van der Waals surface area contributed by atoms with E-state index in [1.165, 1.54) is 4.90 Å². The lowest BCUT2D eigenvalue weighted by atomic mass is 10.0. The molecule has 2 aliphatic heterocycles. The molecule has 0 spiro atoms. The van der Waals surface area contributed by atoms with E-state index in [9.17, 15) is 29.4 Å². The Kier molecular flexibility index (Phi) is 10.4. The first kappa shape index (κ1) is 35.4. The van der Waals surface area contributed by atoms with Gasteiger partial charge in [0, 0.05) is 30.0 Å².